The smallest absolute Gasteiger partial charge is 0.166 e. The van der Waals surface area contributed by atoms with E-state index < -0.39 is 11.9 Å². The zero-order valence-corrected chi connectivity index (χ0v) is 17.8. The van der Waals surface area contributed by atoms with Gasteiger partial charge >= 0.3 is 0 Å². The molecule has 0 radical (unpaired) electrons. The number of pyridine rings is 1. The third-order valence-electron chi connectivity index (χ3n) is 5.16. The van der Waals surface area contributed by atoms with Gasteiger partial charge in [-0.25, -0.2) is 9.37 Å². The molecule has 4 rings (SSSR count). The highest BCUT2D eigenvalue weighted by Gasteiger charge is 2.21. The van der Waals surface area contributed by atoms with Crippen LogP contribution in [0.4, 0.5) is 10.2 Å². The number of hydrogen-bond acceptors (Lipinski definition) is 5. The number of benzene rings is 1. The summed E-state index contributed by atoms with van der Waals surface area (Å²) in [5.74, 6) is -0.425. The van der Waals surface area contributed by atoms with Gasteiger partial charge in [0.05, 0.1) is 18.6 Å². The Morgan fingerprint density at radius 3 is 2.83 bits per heavy atom. The van der Waals surface area contributed by atoms with Crippen LogP contribution in [-0.2, 0) is 0 Å². The second-order valence-corrected chi connectivity index (χ2v) is 7.96. The average molecular weight is 451 g/mol. The lowest BCUT2D eigenvalue weighted by Crippen LogP contribution is -2.29. The van der Waals surface area contributed by atoms with E-state index in [0.29, 0.717) is 6.04 Å². The van der Waals surface area contributed by atoms with E-state index in [4.69, 9.17) is 35.0 Å². The third kappa shape index (κ3) is 4.24. The highest BCUT2D eigenvalue weighted by atomic mass is 35.5. The van der Waals surface area contributed by atoms with Crippen LogP contribution in [0.25, 0.3) is 11.1 Å². The number of rotatable bonds is 5. The summed E-state index contributed by atoms with van der Waals surface area (Å²) in [6, 6.07) is 4.50. The molecule has 3 aromatic rings. The summed E-state index contributed by atoms with van der Waals surface area (Å²) in [4.78, 5) is 4.20. The summed E-state index contributed by atoms with van der Waals surface area (Å²) >= 11 is 12.3. The van der Waals surface area contributed by atoms with Gasteiger partial charge in [0.1, 0.15) is 11.9 Å². The van der Waals surface area contributed by atoms with Crippen LogP contribution >= 0.6 is 23.2 Å². The van der Waals surface area contributed by atoms with E-state index in [1.165, 1.54) is 13.0 Å². The molecule has 0 amide bonds. The number of anilines is 1. The number of nitrogens with one attached hydrogen (secondary N) is 1. The van der Waals surface area contributed by atoms with Crippen LogP contribution in [0.15, 0.2) is 36.8 Å². The zero-order chi connectivity index (χ0) is 22.2. The van der Waals surface area contributed by atoms with Crippen molar-refractivity contribution < 1.29 is 10.5 Å². The van der Waals surface area contributed by atoms with E-state index in [1.807, 2.05) is 10.9 Å². The predicted octanol–water partition coefficient (Wildman–Crippen LogP) is 5.04. The van der Waals surface area contributed by atoms with E-state index >= 15 is 0 Å². The molecule has 9 heteroatoms. The van der Waals surface area contributed by atoms with Crippen molar-refractivity contribution in [1.29, 1.82) is 0 Å². The summed E-state index contributed by atoms with van der Waals surface area (Å²) in [6.07, 6.45) is 5.58. The molecule has 1 atom stereocenters. The van der Waals surface area contributed by atoms with Gasteiger partial charge in [-0.15, -0.1) is 0 Å². The summed E-state index contributed by atoms with van der Waals surface area (Å²) in [5, 5.41) is 7.69. The normalized spacial score (nSPS) is 17.4. The molecule has 1 aliphatic heterocycles. The lowest BCUT2D eigenvalue weighted by atomic mass is 10.1. The first-order valence-corrected chi connectivity index (χ1v) is 10.4. The number of halogens is 3. The molecular formula is C21H22Cl2FN5O. The molecule has 2 aromatic heterocycles. The summed E-state index contributed by atoms with van der Waals surface area (Å²) < 4.78 is 30.4. The van der Waals surface area contributed by atoms with E-state index in [1.54, 1.807) is 18.5 Å². The van der Waals surface area contributed by atoms with Crippen molar-refractivity contribution in [2.75, 3.05) is 18.8 Å². The summed E-state index contributed by atoms with van der Waals surface area (Å²) in [6.45, 7) is 3.35. The van der Waals surface area contributed by atoms with Crippen LogP contribution in [0.1, 0.15) is 38.8 Å². The SMILES string of the molecule is [2H][C@](C)(Oc1cc(-c2cnn(C3CCNCC3)c2)cnc1N)c1c(Cl)ccc(F)c1Cl. The molecule has 0 saturated carbocycles. The van der Waals surface area contributed by atoms with Gasteiger partial charge in [-0.05, 0) is 51.1 Å². The number of aromatic nitrogens is 3. The molecule has 1 fully saturated rings. The molecule has 0 spiro atoms. The number of ether oxygens (including phenoxy) is 1. The molecule has 30 heavy (non-hydrogen) atoms. The van der Waals surface area contributed by atoms with Crippen LogP contribution in [-0.4, -0.2) is 27.9 Å². The number of nitrogens with two attached hydrogens (primary N) is 1. The summed E-state index contributed by atoms with van der Waals surface area (Å²) in [5.41, 5.74) is 7.59. The average Bonchev–Trinajstić information content (AvgIpc) is 3.23. The van der Waals surface area contributed by atoms with Crippen LogP contribution in [0.5, 0.6) is 5.75 Å². The Hall–Kier alpha value is -2.35. The van der Waals surface area contributed by atoms with Crippen LogP contribution in [0, 0.1) is 5.82 Å². The van der Waals surface area contributed by atoms with E-state index in [0.717, 1.165) is 43.1 Å². The van der Waals surface area contributed by atoms with E-state index in [9.17, 15) is 4.39 Å². The van der Waals surface area contributed by atoms with Gasteiger partial charge in [0.15, 0.2) is 11.6 Å². The molecule has 3 N–H and O–H groups in total. The Labute approximate surface area is 185 Å². The molecule has 3 heterocycles. The summed E-state index contributed by atoms with van der Waals surface area (Å²) in [7, 11) is 0. The van der Waals surface area contributed by atoms with Crippen molar-refractivity contribution in [3.8, 4) is 16.9 Å². The molecule has 0 aliphatic carbocycles. The minimum atomic E-state index is -1.80. The lowest BCUT2D eigenvalue weighted by molar-refractivity contribution is 0.227. The molecular weight excluding hydrogens is 428 g/mol. The van der Waals surface area contributed by atoms with Crippen LogP contribution < -0.4 is 15.8 Å². The topological polar surface area (TPSA) is 78.0 Å². The Morgan fingerprint density at radius 2 is 2.07 bits per heavy atom. The maximum Gasteiger partial charge on any atom is 0.166 e. The Bertz CT molecular complexity index is 1100. The van der Waals surface area contributed by atoms with Crippen molar-refractivity contribution in [3.05, 3.63) is 58.2 Å². The quantitative estimate of drug-likeness (QED) is 0.532. The Morgan fingerprint density at radius 1 is 1.30 bits per heavy atom. The molecule has 1 aromatic carbocycles. The Kier molecular flexibility index (Phi) is 5.75. The first-order chi connectivity index (χ1) is 14.8. The number of piperidine rings is 1. The van der Waals surface area contributed by atoms with Crippen LogP contribution in [0.3, 0.4) is 0 Å². The van der Waals surface area contributed by atoms with Gasteiger partial charge in [0, 0.05) is 34.1 Å². The maximum atomic E-state index is 14.0. The first kappa shape index (κ1) is 19.6. The fraction of sp³-hybridized carbons (Fsp3) is 0.333. The van der Waals surface area contributed by atoms with Gasteiger partial charge in [0.2, 0.25) is 0 Å². The Balaban J connectivity index is 1.63. The predicted molar refractivity (Wildman–Crippen MR) is 116 cm³/mol. The molecule has 6 nitrogen and oxygen atoms in total. The van der Waals surface area contributed by atoms with E-state index in [-0.39, 0.29) is 27.2 Å². The molecule has 0 unspecified atom stereocenters. The fourth-order valence-corrected chi connectivity index (χ4v) is 4.16. The van der Waals surface area contributed by atoms with Gasteiger partial charge in [0.25, 0.3) is 0 Å². The van der Waals surface area contributed by atoms with E-state index in [2.05, 4.69) is 15.4 Å². The van der Waals surface area contributed by atoms with Gasteiger partial charge in [-0.2, -0.15) is 5.10 Å². The highest BCUT2D eigenvalue weighted by molar-refractivity contribution is 6.36. The minimum Gasteiger partial charge on any atom is -0.482 e. The standard InChI is InChI=1S/C21H22Cl2FN5O/c1-12(19-16(22)2-3-17(24)20(19)23)30-18-8-13(9-27-21(18)25)14-10-28-29(11-14)15-4-6-26-7-5-15/h2-3,8-12,15,26H,4-7H2,1H3,(H2,25,27)/t12-/m1/s1/i12D. The molecule has 1 aliphatic rings. The lowest BCUT2D eigenvalue weighted by Gasteiger charge is -2.22. The van der Waals surface area contributed by atoms with Crippen molar-refractivity contribution in [1.82, 2.24) is 20.1 Å². The van der Waals surface area contributed by atoms with Crippen LogP contribution in [0.2, 0.25) is 10.0 Å². The first-order valence-electron chi connectivity index (χ1n) is 10.1. The molecule has 1 saturated heterocycles. The van der Waals surface area contributed by atoms with Crippen molar-refractivity contribution in [2.24, 2.45) is 0 Å². The number of nitrogens with zero attached hydrogens (tertiary/aromatic N) is 3. The minimum absolute atomic E-state index is 0.0133. The van der Waals surface area contributed by atoms with Gasteiger partial charge in [-0.3, -0.25) is 4.68 Å². The highest BCUT2D eigenvalue weighted by Crippen LogP contribution is 2.37. The molecule has 0 bridgehead atoms. The van der Waals surface area contributed by atoms with Crippen molar-refractivity contribution >= 4 is 29.0 Å². The number of hydrogen-bond donors (Lipinski definition) is 2. The second-order valence-electron chi connectivity index (χ2n) is 7.17. The van der Waals surface area contributed by atoms with Crippen molar-refractivity contribution in [3.63, 3.8) is 0 Å². The fourth-order valence-electron chi connectivity index (χ4n) is 3.52. The zero-order valence-electron chi connectivity index (χ0n) is 17.3. The number of nitrogen functional groups attached to an aromatic ring is 1. The largest absolute Gasteiger partial charge is 0.482 e. The second kappa shape index (κ2) is 8.79. The van der Waals surface area contributed by atoms with Gasteiger partial charge in [-0.1, -0.05) is 23.2 Å². The third-order valence-corrected chi connectivity index (χ3v) is 5.84. The van der Waals surface area contributed by atoms with Crippen molar-refractivity contribution in [2.45, 2.75) is 31.9 Å². The maximum absolute atomic E-state index is 14.0. The monoisotopic (exact) mass is 450 g/mol. The van der Waals surface area contributed by atoms with Gasteiger partial charge < -0.3 is 15.8 Å². The molecule has 158 valence electrons.